The van der Waals surface area contributed by atoms with Crippen molar-refractivity contribution in [1.29, 1.82) is 0 Å². The van der Waals surface area contributed by atoms with Crippen LogP contribution in [0.25, 0.3) is 32.3 Å². The lowest BCUT2D eigenvalue weighted by Gasteiger charge is -2.07. The minimum atomic E-state index is 0.578. The summed E-state index contributed by atoms with van der Waals surface area (Å²) in [6, 6.07) is 31.8. The lowest BCUT2D eigenvalue weighted by molar-refractivity contribution is 0.419. The first-order valence-corrected chi connectivity index (χ1v) is 12.7. The van der Waals surface area contributed by atoms with Crippen LogP contribution in [0.4, 0.5) is 0 Å². The van der Waals surface area contributed by atoms with Crippen LogP contribution in [0.3, 0.4) is 0 Å². The third-order valence-electron chi connectivity index (χ3n) is 6.72. The molecule has 0 bridgehead atoms. The quantitative estimate of drug-likeness (QED) is 0.215. The molecule has 6 aromatic rings. The Morgan fingerprint density at radius 2 is 0.850 bits per heavy atom. The van der Waals surface area contributed by atoms with E-state index < -0.39 is 0 Å². The monoisotopic (exact) mass is 526 g/mol. The average Bonchev–Trinajstić information content (AvgIpc) is 3.02. The molecular weight excluding hydrogens is 500 g/mol. The predicted octanol–water partition coefficient (Wildman–Crippen LogP) is 5.69. The van der Waals surface area contributed by atoms with E-state index in [0.29, 0.717) is 11.0 Å². The zero-order valence-corrected chi connectivity index (χ0v) is 22.0. The van der Waals surface area contributed by atoms with Crippen molar-refractivity contribution in [1.82, 2.24) is 10.2 Å². The number of hydrogen-bond donors (Lipinski definition) is 2. The first kappa shape index (κ1) is 24.8. The molecule has 0 atom stereocenters. The average molecular weight is 527 g/mol. The van der Waals surface area contributed by atoms with Crippen molar-refractivity contribution in [3.8, 4) is 11.5 Å². The maximum atomic E-state index is 5.50. The Hall–Kier alpha value is -5.50. The second-order valence-corrected chi connectivity index (χ2v) is 8.99. The summed E-state index contributed by atoms with van der Waals surface area (Å²) in [5.41, 5.74) is 3.04. The number of nitrogens with one attached hydrogen (secondary N) is 2. The fourth-order valence-corrected chi connectivity index (χ4v) is 4.78. The minimum absolute atomic E-state index is 0.578. The maximum absolute atomic E-state index is 5.50. The van der Waals surface area contributed by atoms with Crippen LogP contribution < -0.4 is 20.4 Å². The number of hydrogen-bond acceptors (Lipinski definition) is 6. The molecule has 6 rings (SSSR count). The van der Waals surface area contributed by atoms with Crippen LogP contribution in [0, 0.1) is 0 Å². The fraction of sp³-hybridized carbons (Fsp3) is 0.0625. The largest absolute Gasteiger partial charge is 0.496 e. The van der Waals surface area contributed by atoms with Crippen LogP contribution in [0.1, 0.15) is 11.1 Å². The van der Waals surface area contributed by atoms with Gasteiger partial charge in [0, 0.05) is 32.7 Å². The van der Waals surface area contributed by atoms with Crippen molar-refractivity contribution in [2.24, 2.45) is 20.4 Å². The third-order valence-corrected chi connectivity index (χ3v) is 6.72. The van der Waals surface area contributed by atoms with Crippen LogP contribution in [-0.4, -0.2) is 36.8 Å². The van der Waals surface area contributed by atoms with Gasteiger partial charge in [0.25, 0.3) is 0 Å². The van der Waals surface area contributed by atoms with Crippen molar-refractivity contribution in [3.05, 3.63) is 119 Å². The number of H-pyrrole nitrogens is 2. The van der Waals surface area contributed by atoms with Crippen LogP contribution >= 0.6 is 0 Å². The highest BCUT2D eigenvalue weighted by molar-refractivity contribution is 6.03. The molecule has 0 aliphatic carbocycles. The zero-order chi connectivity index (χ0) is 27.3. The van der Waals surface area contributed by atoms with Gasteiger partial charge in [-0.1, -0.05) is 72.8 Å². The van der Waals surface area contributed by atoms with Crippen LogP contribution in [-0.2, 0) is 0 Å². The molecule has 5 aromatic carbocycles. The van der Waals surface area contributed by atoms with Gasteiger partial charge in [0.15, 0.2) is 11.0 Å². The van der Waals surface area contributed by atoms with Crippen molar-refractivity contribution in [2.75, 3.05) is 14.2 Å². The molecule has 0 unspecified atom stereocenters. The summed E-state index contributed by atoms with van der Waals surface area (Å²) in [5, 5.41) is 29.7. The van der Waals surface area contributed by atoms with Gasteiger partial charge in [-0.2, -0.15) is 10.2 Å². The Labute approximate surface area is 229 Å². The number of methoxy groups -OCH3 is 2. The van der Waals surface area contributed by atoms with Gasteiger partial charge in [-0.25, -0.2) is 0 Å². The number of rotatable bonds is 6. The summed E-state index contributed by atoms with van der Waals surface area (Å²) in [4.78, 5) is 0. The summed E-state index contributed by atoms with van der Waals surface area (Å²) in [5.74, 6) is 1.64. The highest BCUT2D eigenvalue weighted by atomic mass is 16.5. The Kier molecular flexibility index (Phi) is 6.88. The van der Waals surface area contributed by atoms with Crippen LogP contribution in [0.2, 0.25) is 0 Å². The van der Waals surface area contributed by atoms with Gasteiger partial charge in [0.05, 0.1) is 26.6 Å². The van der Waals surface area contributed by atoms with E-state index in [9.17, 15) is 0 Å². The molecule has 0 radical (unpaired) electrons. The Morgan fingerprint density at radius 1 is 0.475 bits per heavy atom. The van der Waals surface area contributed by atoms with E-state index in [0.717, 1.165) is 54.9 Å². The highest BCUT2D eigenvalue weighted by Gasteiger charge is 2.06. The number of fused-ring (bicyclic) bond motifs is 3. The van der Waals surface area contributed by atoms with Gasteiger partial charge in [-0.05, 0) is 35.0 Å². The molecular formula is C32H26N6O2. The summed E-state index contributed by atoms with van der Waals surface area (Å²) in [6.07, 6.45) is 3.48. The molecule has 0 aliphatic rings. The van der Waals surface area contributed by atoms with E-state index in [1.807, 2.05) is 97.1 Å². The summed E-state index contributed by atoms with van der Waals surface area (Å²) >= 11 is 0. The minimum Gasteiger partial charge on any atom is -0.496 e. The van der Waals surface area contributed by atoms with Crippen molar-refractivity contribution >= 4 is 44.7 Å². The molecule has 0 saturated carbocycles. The topological polar surface area (TPSA) is 99.5 Å². The molecule has 8 heteroatoms. The first-order valence-electron chi connectivity index (χ1n) is 12.7. The van der Waals surface area contributed by atoms with Gasteiger partial charge in [-0.3, -0.25) is 10.2 Å². The number of ether oxygens (including phenoxy) is 2. The molecule has 1 heterocycles. The number of nitrogens with zero attached hydrogens (tertiary/aromatic N) is 4. The second-order valence-electron chi connectivity index (χ2n) is 8.99. The summed E-state index contributed by atoms with van der Waals surface area (Å²) < 4.78 is 11.0. The SMILES string of the molecule is COc1ccc(C=NN=c2[nH][nH]c(=NN=Cc3ccc(OC)c4ccccc34)c3ccccc23)c2ccccc12. The van der Waals surface area contributed by atoms with Gasteiger partial charge < -0.3 is 9.47 Å². The van der Waals surface area contributed by atoms with Gasteiger partial charge in [-0.15, -0.1) is 10.2 Å². The molecule has 0 fully saturated rings. The second kappa shape index (κ2) is 11.1. The number of aromatic amines is 2. The highest BCUT2D eigenvalue weighted by Crippen LogP contribution is 2.28. The maximum Gasteiger partial charge on any atom is 0.175 e. The summed E-state index contributed by atoms with van der Waals surface area (Å²) in [7, 11) is 3.34. The van der Waals surface area contributed by atoms with Gasteiger partial charge in [0.1, 0.15) is 11.5 Å². The Morgan fingerprint density at radius 3 is 1.25 bits per heavy atom. The molecule has 8 nitrogen and oxygen atoms in total. The van der Waals surface area contributed by atoms with E-state index in [1.165, 1.54) is 0 Å². The van der Waals surface area contributed by atoms with E-state index in [1.54, 1.807) is 26.6 Å². The van der Waals surface area contributed by atoms with Crippen LogP contribution in [0.5, 0.6) is 11.5 Å². The lowest BCUT2D eigenvalue weighted by Crippen LogP contribution is -2.20. The Bertz CT molecular complexity index is 1910. The standard InChI is InChI=1S/C32H26N6O2/c1-39-29-17-15-21(23-9-3-5-11-25(23)29)19-33-35-31-27-13-7-8-14-28(27)32(38-37-31)36-34-20-22-16-18-30(40-2)26-12-6-4-10-24(22)26/h3-20H,1-2H3,(H,35,37)(H,36,38). The van der Waals surface area contributed by atoms with E-state index >= 15 is 0 Å². The third kappa shape index (κ3) is 4.74. The van der Waals surface area contributed by atoms with Crippen molar-refractivity contribution < 1.29 is 9.47 Å². The van der Waals surface area contributed by atoms with Crippen molar-refractivity contribution in [3.63, 3.8) is 0 Å². The molecule has 0 aliphatic heterocycles. The fourth-order valence-electron chi connectivity index (χ4n) is 4.78. The van der Waals surface area contributed by atoms with Gasteiger partial charge >= 0.3 is 0 Å². The zero-order valence-electron chi connectivity index (χ0n) is 22.0. The van der Waals surface area contributed by atoms with Crippen LogP contribution in [0.15, 0.2) is 117 Å². The van der Waals surface area contributed by atoms with E-state index in [-0.39, 0.29) is 0 Å². The molecule has 1 aromatic heterocycles. The molecule has 0 saturated heterocycles. The predicted molar refractivity (Wildman–Crippen MR) is 160 cm³/mol. The molecule has 0 amide bonds. The molecule has 40 heavy (non-hydrogen) atoms. The van der Waals surface area contributed by atoms with E-state index in [2.05, 4.69) is 30.6 Å². The smallest absolute Gasteiger partial charge is 0.175 e. The summed E-state index contributed by atoms with van der Waals surface area (Å²) in [6.45, 7) is 0. The number of benzene rings is 5. The molecule has 196 valence electrons. The van der Waals surface area contributed by atoms with E-state index in [4.69, 9.17) is 9.47 Å². The normalized spacial score (nSPS) is 12.8. The van der Waals surface area contributed by atoms with Crippen molar-refractivity contribution in [2.45, 2.75) is 0 Å². The number of aromatic nitrogens is 2. The Balaban J connectivity index is 1.36. The molecule has 0 spiro atoms. The lowest BCUT2D eigenvalue weighted by atomic mass is 10.0. The first-order chi connectivity index (χ1) is 19.8. The molecule has 2 N–H and O–H groups in total. The van der Waals surface area contributed by atoms with Gasteiger partial charge in [0.2, 0.25) is 0 Å².